The third kappa shape index (κ3) is 74.3. The van der Waals surface area contributed by atoms with Gasteiger partial charge in [0.2, 0.25) is 0 Å². The molecule has 0 rings (SSSR count). The zero-order valence-corrected chi connectivity index (χ0v) is 67.3. The molecular formula is C81H158O17P2. The van der Waals surface area contributed by atoms with Crippen molar-refractivity contribution in [2.75, 3.05) is 39.6 Å². The van der Waals surface area contributed by atoms with Crippen LogP contribution in [0.3, 0.4) is 0 Å². The molecule has 0 saturated carbocycles. The zero-order chi connectivity index (χ0) is 73.5. The van der Waals surface area contributed by atoms with E-state index in [1.807, 2.05) is 0 Å². The molecule has 0 aliphatic rings. The lowest BCUT2D eigenvalue weighted by atomic mass is 10.0. The van der Waals surface area contributed by atoms with Crippen LogP contribution in [0.2, 0.25) is 0 Å². The standard InChI is InChI=1S/C81H158O17P2/c1-7-9-11-13-15-17-19-20-21-22-25-28-34-40-46-52-58-64-79(84)92-70-77(98-80(85)65-59-53-47-41-35-29-26-23-24-27-32-37-43-49-55-61-73(3)4)72-96-100(89,90)94-68-75(82)67-93-99(87,88)95-71-76(69-91-78(83)63-57-51-45-39-18-16-14-12-10-8-2)97-81(86)66-60-54-48-42-36-31-30-33-38-44-50-56-62-74(5)6/h73-77,82H,7-72H2,1-6H3,(H,87,88)(H,89,90)/t75-,76+,77+/m0/s1. The number of ether oxygens (including phenoxy) is 4. The van der Waals surface area contributed by atoms with E-state index in [-0.39, 0.29) is 25.7 Å². The molecule has 0 amide bonds. The Morgan fingerprint density at radius 2 is 0.460 bits per heavy atom. The van der Waals surface area contributed by atoms with Gasteiger partial charge in [0, 0.05) is 25.7 Å². The summed E-state index contributed by atoms with van der Waals surface area (Å²) in [4.78, 5) is 73.0. The van der Waals surface area contributed by atoms with E-state index >= 15 is 0 Å². The first kappa shape index (κ1) is 98.1. The van der Waals surface area contributed by atoms with Gasteiger partial charge in [-0.15, -0.1) is 0 Å². The van der Waals surface area contributed by atoms with E-state index in [4.69, 9.17) is 37.0 Å². The predicted octanol–water partition coefficient (Wildman–Crippen LogP) is 24.3. The number of aliphatic hydroxyl groups excluding tert-OH is 1. The summed E-state index contributed by atoms with van der Waals surface area (Å²) in [5.74, 6) is -0.528. The average molecular weight is 1470 g/mol. The minimum atomic E-state index is -4.96. The average Bonchev–Trinajstić information content (AvgIpc) is 0.941. The summed E-state index contributed by atoms with van der Waals surface area (Å²) < 4.78 is 68.7. The molecule has 0 aromatic carbocycles. The summed E-state index contributed by atoms with van der Waals surface area (Å²) in [6.07, 6.45) is 62.3. The molecule has 0 aliphatic heterocycles. The fraction of sp³-hybridized carbons (Fsp3) is 0.951. The van der Waals surface area contributed by atoms with Crippen LogP contribution >= 0.6 is 15.6 Å². The van der Waals surface area contributed by atoms with Crippen LogP contribution in [-0.2, 0) is 65.4 Å². The van der Waals surface area contributed by atoms with Gasteiger partial charge in [0.1, 0.15) is 19.3 Å². The highest BCUT2D eigenvalue weighted by Gasteiger charge is 2.30. The first-order valence-electron chi connectivity index (χ1n) is 42.0. The van der Waals surface area contributed by atoms with Crippen LogP contribution in [0.4, 0.5) is 0 Å². The lowest BCUT2D eigenvalue weighted by Crippen LogP contribution is -2.30. The molecule has 0 bridgehead atoms. The normalized spacial score (nSPS) is 13.9. The largest absolute Gasteiger partial charge is 0.472 e. The molecule has 0 fully saturated rings. The number of aliphatic hydroxyl groups is 1. The van der Waals surface area contributed by atoms with Crippen molar-refractivity contribution >= 4 is 39.5 Å². The van der Waals surface area contributed by atoms with E-state index in [1.165, 1.54) is 244 Å². The Labute approximate surface area is 613 Å². The molecule has 2 unspecified atom stereocenters. The smallest absolute Gasteiger partial charge is 0.462 e. The molecular weight excluding hydrogens is 1310 g/mol. The van der Waals surface area contributed by atoms with Crippen molar-refractivity contribution in [2.24, 2.45) is 11.8 Å². The lowest BCUT2D eigenvalue weighted by Gasteiger charge is -2.21. The van der Waals surface area contributed by atoms with Crippen LogP contribution in [0.15, 0.2) is 0 Å². The van der Waals surface area contributed by atoms with Gasteiger partial charge in [0.15, 0.2) is 12.2 Å². The Morgan fingerprint density at radius 1 is 0.270 bits per heavy atom. The van der Waals surface area contributed by atoms with Crippen LogP contribution in [0.25, 0.3) is 0 Å². The number of hydrogen-bond acceptors (Lipinski definition) is 15. The molecule has 3 N–H and O–H groups in total. The molecule has 0 aromatic rings. The van der Waals surface area contributed by atoms with Crippen molar-refractivity contribution in [3.63, 3.8) is 0 Å². The second kappa shape index (κ2) is 72.6. The van der Waals surface area contributed by atoms with Crippen molar-refractivity contribution in [1.82, 2.24) is 0 Å². The van der Waals surface area contributed by atoms with Crippen LogP contribution in [0, 0.1) is 11.8 Å². The van der Waals surface area contributed by atoms with E-state index in [0.29, 0.717) is 25.7 Å². The fourth-order valence-corrected chi connectivity index (χ4v) is 14.1. The van der Waals surface area contributed by atoms with E-state index in [1.54, 1.807) is 0 Å². The summed E-state index contributed by atoms with van der Waals surface area (Å²) in [6.45, 7) is 9.67. The Bertz CT molecular complexity index is 1920. The van der Waals surface area contributed by atoms with Gasteiger partial charge in [0.25, 0.3) is 0 Å². The second-order valence-corrected chi connectivity index (χ2v) is 33.0. The minimum absolute atomic E-state index is 0.107. The lowest BCUT2D eigenvalue weighted by molar-refractivity contribution is -0.161. The molecule has 0 aromatic heterocycles. The summed E-state index contributed by atoms with van der Waals surface area (Å²) in [6, 6.07) is 0. The van der Waals surface area contributed by atoms with E-state index in [9.17, 15) is 43.2 Å². The maximum Gasteiger partial charge on any atom is 0.472 e. The third-order valence-electron chi connectivity index (χ3n) is 19.0. The third-order valence-corrected chi connectivity index (χ3v) is 20.9. The summed E-state index contributed by atoms with van der Waals surface area (Å²) in [5, 5.41) is 10.6. The molecule has 0 aliphatic carbocycles. The van der Waals surface area contributed by atoms with Crippen LogP contribution in [-0.4, -0.2) is 96.7 Å². The number of unbranched alkanes of at least 4 members (excludes halogenated alkanes) is 50. The fourth-order valence-electron chi connectivity index (χ4n) is 12.5. The van der Waals surface area contributed by atoms with Crippen molar-refractivity contribution < 1.29 is 80.2 Å². The van der Waals surface area contributed by atoms with Crippen LogP contribution in [0.1, 0.15) is 427 Å². The van der Waals surface area contributed by atoms with Crippen LogP contribution < -0.4 is 0 Å². The molecule has 5 atom stereocenters. The minimum Gasteiger partial charge on any atom is -0.462 e. The molecule has 19 heteroatoms. The predicted molar refractivity (Wildman–Crippen MR) is 409 cm³/mol. The maximum absolute atomic E-state index is 13.1. The molecule has 0 heterocycles. The highest BCUT2D eigenvalue weighted by atomic mass is 31.2. The summed E-state index contributed by atoms with van der Waals surface area (Å²) in [7, 11) is -9.92. The summed E-state index contributed by atoms with van der Waals surface area (Å²) in [5.41, 5.74) is 0. The monoisotopic (exact) mass is 1470 g/mol. The van der Waals surface area contributed by atoms with E-state index < -0.39 is 97.5 Å². The first-order chi connectivity index (χ1) is 48.4. The Morgan fingerprint density at radius 3 is 0.680 bits per heavy atom. The van der Waals surface area contributed by atoms with E-state index in [0.717, 1.165) is 102 Å². The number of phosphoric acid groups is 2. The number of rotatable bonds is 80. The van der Waals surface area contributed by atoms with Gasteiger partial charge in [-0.2, -0.15) is 0 Å². The number of hydrogen-bond donors (Lipinski definition) is 3. The second-order valence-electron chi connectivity index (χ2n) is 30.1. The van der Waals surface area contributed by atoms with Gasteiger partial charge >= 0.3 is 39.5 Å². The van der Waals surface area contributed by atoms with Gasteiger partial charge in [-0.25, -0.2) is 9.13 Å². The highest BCUT2D eigenvalue weighted by molar-refractivity contribution is 7.47. The van der Waals surface area contributed by atoms with Gasteiger partial charge in [-0.3, -0.25) is 37.3 Å². The molecule has 0 spiro atoms. The van der Waals surface area contributed by atoms with Gasteiger partial charge in [-0.1, -0.05) is 375 Å². The maximum atomic E-state index is 13.1. The number of esters is 4. The van der Waals surface area contributed by atoms with Crippen molar-refractivity contribution in [2.45, 2.75) is 445 Å². The van der Waals surface area contributed by atoms with Gasteiger partial charge in [0.05, 0.1) is 26.4 Å². The number of carbonyl (C=O) groups excluding carboxylic acids is 4. The summed E-state index contributed by atoms with van der Waals surface area (Å²) >= 11 is 0. The quantitative estimate of drug-likeness (QED) is 0.0222. The highest BCUT2D eigenvalue weighted by Crippen LogP contribution is 2.45. The van der Waals surface area contributed by atoms with Crippen LogP contribution in [0.5, 0.6) is 0 Å². The molecule has 100 heavy (non-hydrogen) atoms. The van der Waals surface area contributed by atoms with Crippen molar-refractivity contribution in [3.05, 3.63) is 0 Å². The molecule has 17 nitrogen and oxygen atoms in total. The van der Waals surface area contributed by atoms with E-state index in [2.05, 4.69) is 41.5 Å². The number of carbonyl (C=O) groups is 4. The molecule has 0 radical (unpaired) electrons. The van der Waals surface area contributed by atoms with Crippen molar-refractivity contribution in [1.29, 1.82) is 0 Å². The molecule has 594 valence electrons. The van der Waals surface area contributed by atoms with Crippen molar-refractivity contribution in [3.8, 4) is 0 Å². The SMILES string of the molecule is CCCCCCCCCCCCCCCCCCCC(=O)OC[C@H](COP(=O)(O)OC[C@@H](O)COP(=O)(O)OC[C@@H](COC(=O)CCCCCCCCCCCC)OC(=O)CCCCCCCCCCCCCCC(C)C)OC(=O)CCCCCCCCCCCCCCCCCC(C)C. The Balaban J connectivity index is 5.24. The van der Waals surface area contributed by atoms with Gasteiger partial charge < -0.3 is 33.8 Å². The van der Waals surface area contributed by atoms with Gasteiger partial charge in [-0.05, 0) is 37.5 Å². The molecule has 0 saturated heterocycles. The Kier molecular flexibility index (Phi) is 71.2. The zero-order valence-electron chi connectivity index (χ0n) is 65.5. The first-order valence-corrected chi connectivity index (χ1v) is 45.0. The topological polar surface area (TPSA) is 237 Å². The number of phosphoric ester groups is 2. The Hall–Kier alpha value is -1.94.